The minimum atomic E-state index is -3.38. The Hall–Kier alpha value is -1.03. The Morgan fingerprint density at radius 1 is 1.07 bits per heavy atom. The summed E-state index contributed by atoms with van der Waals surface area (Å²) >= 11 is 0. The van der Waals surface area contributed by atoms with Crippen molar-refractivity contribution in [1.82, 2.24) is 20.1 Å². The average Bonchev–Trinajstić information content (AvgIpc) is 3.11. The second-order valence-electron chi connectivity index (χ2n) is 7.85. The zero-order valence-corrected chi connectivity index (χ0v) is 16.7. The molecule has 1 saturated carbocycles. The van der Waals surface area contributed by atoms with Crippen LogP contribution in [0.15, 0.2) is 35.2 Å². The topological polar surface area (TPSA) is 73.9 Å². The Morgan fingerprint density at radius 3 is 2.52 bits per heavy atom. The van der Waals surface area contributed by atoms with Gasteiger partial charge in [0.1, 0.15) is 0 Å². The van der Waals surface area contributed by atoms with Crippen LogP contribution in [0.4, 0.5) is 0 Å². The molecule has 0 radical (unpaired) electrons. The SMILES string of the molecule is COC1CCC2NNC(CN3CCN(S(=O)(=O)c4ccccc4)CC3)C2C1. The van der Waals surface area contributed by atoms with E-state index in [1.54, 1.807) is 28.6 Å². The molecule has 8 heteroatoms. The van der Waals surface area contributed by atoms with Gasteiger partial charge in [-0.15, -0.1) is 0 Å². The number of hydrogen-bond acceptors (Lipinski definition) is 6. The molecule has 4 atom stereocenters. The van der Waals surface area contributed by atoms with Crippen LogP contribution in [0.25, 0.3) is 0 Å². The van der Waals surface area contributed by atoms with Gasteiger partial charge in [0.25, 0.3) is 0 Å². The number of methoxy groups -OCH3 is 1. The fourth-order valence-corrected chi connectivity index (χ4v) is 6.12. The van der Waals surface area contributed by atoms with Crippen molar-refractivity contribution in [3.8, 4) is 0 Å². The Bertz CT molecular complexity index is 722. The van der Waals surface area contributed by atoms with E-state index >= 15 is 0 Å². The van der Waals surface area contributed by atoms with E-state index in [2.05, 4.69) is 15.8 Å². The molecular formula is C19H30N4O3S. The number of sulfonamides is 1. The normalized spacial score (nSPS) is 33.1. The van der Waals surface area contributed by atoms with Crippen LogP contribution >= 0.6 is 0 Å². The van der Waals surface area contributed by atoms with Crippen LogP contribution in [0.1, 0.15) is 19.3 Å². The number of nitrogens with one attached hydrogen (secondary N) is 2. The Labute approximate surface area is 162 Å². The first-order valence-corrected chi connectivity index (χ1v) is 11.3. The number of piperazine rings is 1. The highest BCUT2D eigenvalue weighted by Crippen LogP contribution is 2.32. The summed E-state index contributed by atoms with van der Waals surface area (Å²) in [5, 5.41) is 0. The van der Waals surface area contributed by atoms with E-state index in [0.29, 0.717) is 42.1 Å². The van der Waals surface area contributed by atoms with Gasteiger partial charge in [-0.1, -0.05) is 18.2 Å². The van der Waals surface area contributed by atoms with Crippen LogP contribution in [0.2, 0.25) is 0 Å². The molecule has 3 aliphatic rings. The smallest absolute Gasteiger partial charge is 0.243 e. The number of fused-ring (bicyclic) bond motifs is 1. The van der Waals surface area contributed by atoms with Crippen LogP contribution in [0.3, 0.4) is 0 Å². The molecule has 1 aromatic carbocycles. The van der Waals surface area contributed by atoms with E-state index in [-0.39, 0.29) is 0 Å². The third kappa shape index (κ3) is 4.06. The molecule has 27 heavy (non-hydrogen) atoms. The Balaban J connectivity index is 1.32. The summed E-state index contributed by atoms with van der Waals surface area (Å²) in [6.45, 7) is 3.59. The molecule has 2 heterocycles. The predicted octanol–water partition coefficient (Wildman–Crippen LogP) is 0.653. The molecule has 2 N–H and O–H groups in total. The first kappa shape index (κ1) is 19.3. The largest absolute Gasteiger partial charge is 0.381 e. The molecule has 0 aromatic heterocycles. The molecule has 0 spiro atoms. The van der Waals surface area contributed by atoms with Crippen LogP contribution in [0.5, 0.6) is 0 Å². The van der Waals surface area contributed by atoms with E-state index in [4.69, 9.17) is 4.74 Å². The zero-order valence-electron chi connectivity index (χ0n) is 15.9. The van der Waals surface area contributed by atoms with Gasteiger partial charge in [-0.3, -0.25) is 15.8 Å². The van der Waals surface area contributed by atoms with Crippen molar-refractivity contribution >= 4 is 10.0 Å². The number of rotatable bonds is 5. The van der Waals surface area contributed by atoms with Crippen LogP contribution < -0.4 is 10.9 Å². The lowest BCUT2D eigenvalue weighted by Gasteiger charge is -2.37. The van der Waals surface area contributed by atoms with E-state index in [1.807, 2.05) is 13.2 Å². The maximum absolute atomic E-state index is 12.8. The summed E-state index contributed by atoms with van der Waals surface area (Å²) in [4.78, 5) is 2.77. The van der Waals surface area contributed by atoms with Gasteiger partial charge in [0.15, 0.2) is 0 Å². The average molecular weight is 395 g/mol. The van der Waals surface area contributed by atoms with Gasteiger partial charge in [-0.05, 0) is 37.3 Å². The maximum Gasteiger partial charge on any atom is 0.243 e. The fraction of sp³-hybridized carbons (Fsp3) is 0.684. The number of benzene rings is 1. The van der Waals surface area contributed by atoms with Crippen LogP contribution in [-0.2, 0) is 14.8 Å². The molecule has 4 unspecified atom stereocenters. The molecular weight excluding hydrogens is 364 g/mol. The van der Waals surface area contributed by atoms with Crippen molar-refractivity contribution < 1.29 is 13.2 Å². The quantitative estimate of drug-likeness (QED) is 0.764. The highest BCUT2D eigenvalue weighted by Gasteiger charge is 2.41. The summed E-state index contributed by atoms with van der Waals surface area (Å²) in [6.07, 6.45) is 3.72. The van der Waals surface area contributed by atoms with Crippen molar-refractivity contribution in [1.29, 1.82) is 0 Å². The van der Waals surface area contributed by atoms with E-state index in [9.17, 15) is 8.42 Å². The van der Waals surface area contributed by atoms with Crippen molar-refractivity contribution in [3.05, 3.63) is 30.3 Å². The third-order valence-corrected chi connectivity index (χ3v) is 8.24. The molecule has 2 aliphatic heterocycles. The van der Waals surface area contributed by atoms with Crippen molar-refractivity contribution in [2.45, 2.75) is 42.3 Å². The molecule has 0 bridgehead atoms. The molecule has 2 saturated heterocycles. The van der Waals surface area contributed by atoms with Crippen molar-refractivity contribution in [2.24, 2.45) is 5.92 Å². The van der Waals surface area contributed by atoms with Gasteiger partial charge < -0.3 is 4.74 Å². The minimum absolute atomic E-state index is 0.364. The second-order valence-corrected chi connectivity index (χ2v) is 9.79. The van der Waals surface area contributed by atoms with Gasteiger partial charge >= 0.3 is 0 Å². The lowest BCUT2D eigenvalue weighted by Crippen LogP contribution is -2.52. The van der Waals surface area contributed by atoms with E-state index in [0.717, 1.165) is 38.9 Å². The summed E-state index contributed by atoms with van der Waals surface area (Å²) in [6, 6.07) is 9.65. The molecule has 4 rings (SSSR count). The third-order valence-electron chi connectivity index (χ3n) is 6.32. The maximum atomic E-state index is 12.8. The zero-order chi connectivity index (χ0) is 18.9. The van der Waals surface area contributed by atoms with Crippen LogP contribution in [0, 0.1) is 5.92 Å². The monoisotopic (exact) mass is 394 g/mol. The molecule has 0 amide bonds. The summed E-state index contributed by atoms with van der Waals surface area (Å²) in [5.74, 6) is 0.579. The summed E-state index contributed by atoms with van der Waals surface area (Å²) < 4.78 is 32.7. The summed E-state index contributed by atoms with van der Waals surface area (Å²) in [7, 11) is -1.57. The molecule has 1 aromatic rings. The minimum Gasteiger partial charge on any atom is -0.381 e. The first-order chi connectivity index (χ1) is 13.1. The van der Waals surface area contributed by atoms with Gasteiger partial charge in [0.2, 0.25) is 10.0 Å². The highest BCUT2D eigenvalue weighted by molar-refractivity contribution is 7.89. The molecule has 7 nitrogen and oxygen atoms in total. The second kappa shape index (κ2) is 8.14. The standard InChI is InChI=1S/C19H30N4O3S/c1-26-15-7-8-18-17(13-15)19(21-20-18)14-22-9-11-23(12-10-22)27(24,25)16-5-3-2-4-6-16/h2-6,15,17-21H,7-14H2,1H3. The Kier molecular flexibility index (Phi) is 5.82. The number of ether oxygens (including phenoxy) is 1. The van der Waals surface area contributed by atoms with Gasteiger partial charge in [0, 0.05) is 51.9 Å². The van der Waals surface area contributed by atoms with E-state index < -0.39 is 10.0 Å². The lowest BCUT2D eigenvalue weighted by atomic mass is 9.80. The Morgan fingerprint density at radius 2 is 1.81 bits per heavy atom. The molecule has 1 aliphatic carbocycles. The fourth-order valence-electron chi connectivity index (χ4n) is 4.68. The highest BCUT2D eigenvalue weighted by atomic mass is 32.2. The van der Waals surface area contributed by atoms with Gasteiger partial charge in [-0.25, -0.2) is 8.42 Å². The summed E-state index contributed by atoms with van der Waals surface area (Å²) in [5.41, 5.74) is 6.94. The lowest BCUT2D eigenvalue weighted by molar-refractivity contribution is 0.0405. The number of hydrazine groups is 1. The first-order valence-electron chi connectivity index (χ1n) is 9.89. The van der Waals surface area contributed by atoms with Gasteiger partial charge in [-0.2, -0.15) is 4.31 Å². The molecule has 150 valence electrons. The number of hydrogen-bond donors (Lipinski definition) is 2. The number of nitrogens with zero attached hydrogens (tertiary/aromatic N) is 2. The van der Waals surface area contributed by atoms with Crippen molar-refractivity contribution in [3.63, 3.8) is 0 Å². The van der Waals surface area contributed by atoms with Gasteiger partial charge in [0.05, 0.1) is 11.0 Å². The van der Waals surface area contributed by atoms with Crippen molar-refractivity contribution in [2.75, 3.05) is 39.8 Å². The predicted molar refractivity (Wildman–Crippen MR) is 104 cm³/mol. The molecule has 3 fully saturated rings. The van der Waals surface area contributed by atoms with E-state index in [1.165, 1.54) is 0 Å². The van der Waals surface area contributed by atoms with Crippen LogP contribution in [-0.4, -0.2) is 75.6 Å².